The van der Waals surface area contributed by atoms with E-state index in [4.69, 9.17) is 9.47 Å². The topological polar surface area (TPSA) is 69.1 Å². The van der Waals surface area contributed by atoms with Gasteiger partial charge in [-0.25, -0.2) is 4.79 Å². The number of anilines is 1. The fraction of sp³-hybridized carbons (Fsp3) is 0.200. The zero-order chi connectivity index (χ0) is 21.9. The number of carbonyl (C=O) groups excluding carboxylic acids is 2. The maximum atomic E-state index is 12.5. The van der Waals surface area contributed by atoms with E-state index in [1.807, 2.05) is 66.7 Å². The largest absolute Gasteiger partial charge is 0.495 e. The Labute approximate surface area is 182 Å². The summed E-state index contributed by atoms with van der Waals surface area (Å²) in [6, 6.07) is 27.1. The molecule has 0 radical (unpaired) electrons. The molecule has 0 aliphatic heterocycles. The molecule has 3 aromatic rings. The number of hydrogen-bond acceptors (Lipinski definition) is 4. The summed E-state index contributed by atoms with van der Waals surface area (Å²) in [7, 11) is 1.53. The Morgan fingerprint density at radius 3 is 1.94 bits per heavy atom. The first-order valence-electron chi connectivity index (χ1n) is 10.1. The molecule has 3 aromatic carbocycles. The van der Waals surface area contributed by atoms with E-state index in [0.29, 0.717) is 24.5 Å². The Morgan fingerprint density at radius 1 is 0.806 bits per heavy atom. The van der Waals surface area contributed by atoms with Crippen molar-refractivity contribution in [2.45, 2.75) is 13.1 Å². The molecule has 0 atom stereocenters. The van der Waals surface area contributed by atoms with Crippen molar-refractivity contribution in [3.63, 3.8) is 0 Å². The lowest BCUT2D eigenvalue weighted by Gasteiger charge is -2.19. The molecule has 0 heterocycles. The molecule has 0 saturated carbocycles. The molecule has 1 amide bonds. The number of esters is 1. The standard InChI is InChI=1S/C25H26N2O4/c1-30-23-15-9-8-14-22(23)26-24(28)19-31-25(29)18-27(16-20-10-4-2-5-11-20)17-21-12-6-3-7-13-21/h2-15H,16-19H2,1H3,(H,26,28)/p+1. The number of nitrogens with one attached hydrogen (secondary N) is 2. The summed E-state index contributed by atoms with van der Waals surface area (Å²) in [5, 5.41) is 2.70. The van der Waals surface area contributed by atoms with Crippen LogP contribution in [0.5, 0.6) is 5.75 Å². The SMILES string of the molecule is COc1ccccc1NC(=O)COC(=O)C[NH+](Cc1ccccc1)Cc1ccccc1. The first-order chi connectivity index (χ1) is 15.1. The van der Waals surface area contributed by atoms with Crippen molar-refractivity contribution in [1.82, 2.24) is 0 Å². The average Bonchev–Trinajstić information content (AvgIpc) is 2.79. The van der Waals surface area contributed by atoms with Gasteiger partial charge < -0.3 is 19.7 Å². The molecule has 0 spiro atoms. The van der Waals surface area contributed by atoms with E-state index in [1.54, 1.807) is 18.2 Å². The van der Waals surface area contributed by atoms with Crippen molar-refractivity contribution >= 4 is 17.6 Å². The smallest absolute Gasteiger partial charge is 0.362 e. The number of quaternary nitrogens is 1. The number of benzene rings is 3. The molecule has 3 rings (SSSR count). The Kier molecular flexibility index (Phi) is 8.20. The molecule has 0 aromatic heterocycles. The van der Waals surface area contributed by atoms with Crippen molar-refractivity contribution in [2.24, 2.45) is 0 Å². The minimum absolute atomic E-state index is 0.158. The third-order valence-electron chi connectivity index (χ3n) is 4.73. The lowest BCUT2D eigenvalue weighted by Crippen LogP contribution is -3.10. The Morgan fingerprint density at radius 2 is 1.35 bits per heavy atom. The van der Waals surface area contributed by atoms with Gasteiger partial charge >= 0.3 is 5.97 Å². The van der Waals surface area contributed by atoms with Crippen LogP contribution in [0.4, 0.5) is 5.69 Å². The van der Waals surface area contributed by atoms with Crippen LogP contribution in [0.15, 0.2) is 84.9 Å². The molecule has 6 heteroatoms. The number of rotatable bonds is 10. The highest BCUT2D eigenvalue weighted by atomic mass is 16.5. The first-order valence-corrected chi connectivity index (χ1v) is 10.1. The summed E-state index contributed by atoms with van der Waals surface area (Å²) in [4.78, 5) is 25.7. The van der Waals surface area contributed by atoms with Crippen LogP contribution in [0.1, 0.15) is 11.1 Å². The van der Waals surface area contributed by atoms with E-state index in [-0.39, 0.29) is 13.2 Å². The van der Waals surface area contributed by atoms with Crippen LogP contribution in [0.3, 0.4) is 0 Å². The Hall–Kier alpha value is -3.64. The van der Waals surface area contributed by atoms with Gasteiger partial charge in [0.2, 0.25) is 0 Å². The van der Waals surface area contributed by atoms with Crippen molar-refractivity contribution < 1.29 is 24.0 Å². The van der Waals surface area contributed by atoms with Crippen LogP contribution in [0.2, 0.25) is 0 Å². The maximum absolute atomic E-state index is 12.5. The Bertz CT molecular complexity index is 936. The third-order valence-corrected chi connectivity index (χ3v) is 4.73. The molecule has 0 unspecified atom stereocenters. The van der Waals surface area contributed by atoms with Crippen molar-refractivity contribution in [3.05, 3.63) is 96.1 Å². The minimum atomic E-state index is -0.419. The van der Waals surface area contributed by atoms with Gasteiger partial charge in [0.1, 0.15) is 18.8 Å². The molecule has 0 saturated heterocycles. The maximum Gasteiger partial charge on any atom is 0.362 e. The molecule has 0 aliphatic carbocycles. The van der Waals surface area contributed by atoms with E-state index in [1.165, 1.54) is 7.11 Å². The third kappa shape index (κ3) is 7.28. The number of para-hydroxylation sites is 2. The van der Waals surface area contributed by atoms with Gasteiger partial charge in [-0.2, -0.15) is 0 Å². The lowest BCUT2D eigenvalue weighted by molar-refractivity contribution is -0.920. The van der Waals surface area contributed by atoms with Crippen LogP contribution < -0.4 is 15.0 Å². The zero-order valence-electron chi connectivity index (χ0n) is 17.5. The average molecular weight is 420 g/mol. The fourth-order valence-corrected chi connectivity index (χ4v) is 3.29. The van der Waals surface area contributed by atoms with Gasteiger partial charge in [-0.1, -0.05) is 72.8 Å². The molecule has 0 aliphatic rings. The van der Waals surface area contributed by atoms with Gasteiger partial charge in [0, 0.05) is 11.1 Å². The highest BCUT2D eigenvalue weighted by molar-refractivity contribution is 5.94. The molecule has 0 bridgehead atoms. The van der Waals surface area contributed by atoms with Gasteiger partial charge in [0.25, 0.3) is 5.91 Å². The molecule has 2 N–H and O–H groups in total. The summed E-state index contributed by atoms with van der Waals surface area (Å²) in [6.07, 6.45) is 0. The van der Waals surface area contributed by atoms with Gasteiger partial charge in [-0.05, 0) is 12.1 Å². The number of ether oxygens (including phenoxy) is 2. The summed E-state index contributed by atoms with van der Waals surface area (Å²) >= 11 is 0. The van der Waals surface area contributed by atoms with Crippen molar-refractivity contribution in [3.8, 4) is 5.75 Å². The van der Waals surface area contributed by atoms with Crippen LogP contribution >= 0.6 is 0 Å². The summed E-state index contributed by atoms with van der Waals surface area (Å²) < 4.78 is 10.5. The molecule has 160 valence electrons. The predicted molar refractivity (Wildman–Crippen MR) is 119 cm³/mol. The lowest BCUT2D eigenvalue weighted by atomic mass is 10.1. The molecule has 31 heavy (non-hydrogen) atoms. The first kappa shape index (κ1) is 22.1. The quantitative estimate of drug-likeness (QED) is 0.496. The monoisotopic (exact) mass is 419 g/mol. The molecular formula is C25H27N2O4+. The second-order valence-electron chi connectivity index (χ2n) is 7.16. The van der Waals surface area contributed by atoms with Gasteiger partial charge in [-0.3, -0.25) is 4.79 Å². The van der Waals surface area contributed by atoms with Crippen molar-refractivity contribution in [2.75, 3.05) is 25.6 Å². The van der Waals surface area contributed by atoms with E-state index in [0.717, 1.165) is 16.0 Å². The van der Waals surface area contributed by atoms with Crippen LogP contribution in [0.25, 0.3) is 0 Å². The van der Waals surface area contributed by atoms with Gasteiger partial charge in [0.15, 0.2) is 13.2 Å². The van der Waals surface area contributed by atoms with E-state index in [9.17, 15) is 9.59 Å². The van der Waals surface area contributed by atoms with E-state index < -0.39 is 11.9 Å². The second-order valence-corrected chi connectivity index (χ2v) is 7.16. The number of carbonyl (C=O) groups is 2. The highest BCUT2D eigenvalue weighted by Crippen LogP contribution is 2.22. The minimum Gasteiger partial charge on any atom is -0.495 e. The van der Waals surface area contributed by atoms with Crippen LogP contribution in [-0.2, 0) is 27.4 Å². The second kappa shape index (κ2) is 11.5. The summed E-state index contributed by atoms with van der Waals surface area (Å²) in [5.74, 6) is -0.286. The molecule has 0 fully saturated rings. The fourth-order valence-electron chi connectivity index (χ4n) is 3.29. The molecular weight excluding hydrogens is 392 g/mol. The highest BCUT2D eigenvalue weighted by Gasteiger charge is 2.18. The van der Waals surface area contributed by atoms with Crippen molar-refractivity contribution in [1.29, 1.82) is 0 Å². The van der Waals surface area contributed by atoms with Gasteiger partial charge in [0.05, 0.1) is 12.8 Å². The zero-order valence-corrected chi connectivity index (χ0v) is 17.5. The van der Waals surface area contributed by atoms with Crippen LogP contribution in [0, 0.1) is 0 Å². The number of hydrogen-bond donors (Lipinski definition) is 2. The van der Waals surface area contributed by atoms with E-state index >= 15 is 0 Å². The summed E-state index contributed by atoms with van der Waals surface area (Å²) in [6.45, 7) is 1.17. The van der Waals surface area contributed by atoms with E-state index in [2.05, 4.69) is 5.32 Å². The number of methoxy groups -OCH3 is 1. The summed E-state index contributed by atoms with van der Waals surface area (Å²) in [5.41, 5.74) is 2.80. The number of amides is 1. The Balaban J connectivity index is 1.55. The van der Waals surface area contributed by atoms with Gasteiger partial charge in [-0.15, -0.1) is 0 Å². The molecule has 6 nitrogen and oxygen atoms in total. The predicted octanol–water partition coefficient (Wildman–Crippen LogP) is 2.46. The normalized spacial score (nSPS) is 10.5. The van der Waals surface area contributed by atoms with Crippen LogP contribution in [-0.4, -0.2) is 32.1 Å².